The fraction of sp³-hybridized carbons (Fsp3) is 0.462. The van der Waals surface area contributed by atoms with E-state index < -0.39 is 22.3 Å². The molecule has 0 aliphatic heterocycles. The van der Waals surface area contributed by atoms with Gasteiger partial charge in [0.15, 0.2) is 0 Å². The molecule has 19 heavy (non-hydrogen) atoms. The third-order valence-electron chi connectivity index (χ3n) is 3.58. The number of nitro groups is 1. The van der Waals surface area contributed by atoms with Crippen LogP contribution in [0.4, 0.5) is 5.69 Å². The number of aromatic hydroxyl groups is 1. The molecule has 1 saturated carbocycles. The van der Waals surface area contributed by atoms with Gasteiger partial charge in [-0.1, -0.05) is 18.9 Å². The smallest absolute Gasteiger partial charge is 0.311 e. The van der Waals surface area contributed by atoms with E-state index in [1.165, 1.54) is 18.2 Å². The van der Waals surface area contributed by atoms with Crippen LogP contribution in [0.3, 0.4) is 0 Å². The minimum Gasteiger partial charge on any atom is -0.502 e. The van der Waals surface area contributed by atoms with Crippen LogP contribution >= 0.6 is 0 Å². The number of phenols is 1. The number of phenolic OH excluding ortho intramolecular Hbond substituents is 1. The van der Waals surface area contributed by atoms with Gasteiger partial charge in [0.2, 0.25) is 5.75 Å². The Balaban J connectivity index is 2.24. The van der Waals surface area contributed by atoms with Gasteiger partial charge in [0.25, 0.3) is 5.91 Å². The van der Waals surface area contributed by atoms with Crippen molar-refractivity contribution >= 4 is 11.6 Å². The van der Waals surface area contributed by atoms with E-state index in [0.717, 1.165) is 25.7 Å². The predicted octanol–water partition coefficient (Wildman–Crippen LogP) is 2.36. The number of nitro benzene ring substituents is 1. The fourth-order valence-electron chi connectivity index (χ4n) is 2.48. The van der Waals surface area contributed by atoms with Crippen LogP contribution in [-0.4, -0.2) is 21.5 Å². The number of rotatable bonds is 3. The van der Waals surface area contributed by atoms with Crippen molar-refractivity contribution in [3.8, 4) is 5.75 Å². The zero-order valence-corrected chi connectivity index (χ0v) is 10.7. The molecule has 0 radical (unpaired) electrons. The van der Waals surface area contributed by atoms with E-state index in [2.05, 4.69) is 5.32 Å². The molecule has 0 heterocycles. The molecule has 0 bridgehead atoms. The van der Waals surface area contributed by atoms with E-state index >= 15 is 0 Å². The molecule has 2 N–H and O–H groups in total. The zero-order chi connectivity index (χ0) is 14.0. The lowest BCUT2D eigenvalue weighted by molar-refractivity contribution is -0.385. The van der Waals surface area contributed by atoms with Gasteiger partial charge in [-0.15, -0.1) is 0 Å². The summed E-state index contributed by atoms with van der Waals surface area (Å²) in [6.07, 6.45) is 3.87. The summed E-state index contributed by atoms with van der Waals surface area (Å²) in [5, 5.41) is 23.4. The molecule has 1 aliphatic rings. The standard InChI is InChI=1S/C13H16N2O4/c1-13(7-2-3-8-13)14-12(17)9-5-4-6-10(11(9)16)15(18)19/h4-6,16H,2-3,7-8H2,1H3,(H,14,17). The second-order valence-electron chi connectivity index (χ2n) is 5.15. The molecule has 0 spiro atoms. The molecule has 1 amide bonds. The van der Waals surface area contributed by atoms with Crippen LogP contribution in [0.5, 0.6) is 5.75 Å². The van der Waals surface area contributed by atoms with Crippen LogP contribution in [0, 0.1) is 10.1 Å². The van der Waals surface area contributed by atoms with E-state index in [9.17, 15) is 20.0 Å². The van der Waals surface area contributed by atoms with Gasteiger partial charge >= 0.3 is 5.69 Å². The second kappa shape index (κ2) is 4.87. The lowest BCUT2D eigenvalue weighted by atomic mass is 10.00. The topological polar surface area (TPSA) is 92.5 Å². The van der Waals surface area contributed by atoms with Crippen molar-refractivity contribution in [2.24, 2.45) is 0 Å². The minimum absolute atomic E-state index is 0.0534. The lowest BCUT2D eigenvalue weighted by Gasteiger charge is -2.25. The highest BCUT2D eigenvalue weighted by Crippen LogP contribution is 2.32. The summed E-state index contributed by atoms with van der Waals surface area (Å²) in [6.45, 7) is 1.95. The number of hydrogen-bond donors (Lipinski definition) is 2. The lowest BCUT2D eigenvalue weighted by Crippen LogP contribution is -2.43. The third kappa shape index (κ3) is 2.67. The summed E-state index contributed by atoms with van der Waals surface area (Å²) in [4.78, 5) is 22.1. The summed E-state index contributed by atoms with van der Waals surface area (Å²) < 4.78 is 0. The quantitative estimate of drug-likeness (QED) is 0.647. The molecule has 1 fully saturated rings. The highest BCUT2D eigenvalue weighted by Gasteiger charge is 2.32. The third-order valence-corrected chi connectivity index (χ3v) is 3.58. The van der Waals surface area contributed by atoms with Crippen molar-refractivity contribution in [3.05, 3.63) is 33.9 Å². The number of nitrogens with zero attached hydrogens (tertiary/aromatic N) is 1. The number of nitrogens with one attached hydrogen (secondary N) is 1. The van der Waals surface area contributed by atoms with E-state index in [1.54, 1.807) is 0 Å². The largest absolute Gasteiger partial charge is 0.502 e. The van der Waals surface area contributed by atoms with Gasteiger partial charge in [0.05, 0.1) is 10.5 Å². The Morgan fingerprint density at radius 1 is 1.42 bits per heavy atom. The second-order valence-corrected chi connectivity index (χ2v) is 5.15. The number of carbonyl (C=O) groups excluding carboxylic acids is 1. The molecule has 2 rings (SSSR count). The van der Waals surface area contributed by atoms with Crippen molar-refractivity contribution in [1.29, 1.82) is 0 Å². The first-order valence-corrected chi connectivity index (χ1v) is 6.22. The molecule has 0 unspecified atom stereocenters. The maximum atomic E-state index is 12.1. The van der Waals surface area contributed by atoms with Crippen LogP contribution in [0.15, 0.2) is 18.2 Å². The van der Waals surface area contributed by atoms with Gasteiger partial charge < -0.3 is 10.4 Å². The molecule has 0 saturated heterocycles. The predicted molar refractivity (Wildman–Crippen MR) is 69.1 cm³/mol. The number of benzene rings is 1. The summed E-state index contributed by atoms with van der Waals surface area (Å²) in [5.74, 6) is -1.04. The molecule has 0 aromatic heterocycles. The molecular formula is C13H16N2O4. The maximum absolute atomic E-state index is 12.1. The summed E-state index contributed by atoms with van der Waals surface area (Å²) in [5.41, 5.74) is -0.791. The Labute approximate surface area is 110 Å². The van der Waals surface area contributed by atoms with Gasteiger partial charge in [-0.3, -0.25) is 14.9 Å². The summed E-state index contributed by atoms with van der Waals surface area (Å²) in [6, 6.07) is 3.95. The average Bonchev–Trinajstić information content (AvgIpc) is 2.75. The zero-order valence-electron chi connectivity index (χ0n) is 10.7. The van der Waals surface area contributed by atoms with Gasteiger partial charge in [-0.2, -0.15) is 0 Å². The van der Waals surface area contributed by atoms with E-state index in [4.69, 9.17) is 0 Å². The Bertz CT molecular complexity index is 521. The highest BCUT2D eigenvalue weighted by molar-refractivity contribution is 5.98. The first kappa shape index (κ1) is 13.3. The normalized spacial score (nSPS) is 17.1. The minimum atomic E-state index is -0.705. The summed E-state index contributed by atoms with van der Waals surface area (Å²) in [7, 11) is 0. The van der Waals surface area contributed by atoms with Crippen LogP contribution < -0.4 is 5.32 Å². The van der Waals surface area contributed by atoms with Crippen molar-refractivity contribution in [2.45, 2.75) is 38.1 Å². The monoisotopic (exact) mass is 264 g/mol. The van der Waals surface area contributed by atoms with Crippen molar-refractivity contribution in [1.82, 2.24) is 5.32 Å². The van der Waals surface area contributed by atoms with Crippen LogP contribution in [0.1, 0.15) is 43.0 Å². The van der Waals surface area contributed by atoms with Gasteiger partial charge in [-0.05, 0) is 25.8 Å². The molecule has 6 nitrogen and oxygen atoms in total. The van der Waals surface area contributed by atoms with E-state index in [-0.39, 0.29) is 11.1 Å². The fourth-order valence-corrected chi connectivity index (χ4v) is 2.48. The first-order valence-electron chi connectivity index (χ1n) is 6.22. The number of hydrogen-bond acceptors (Lipinski definition) is 4. The SMILES string of the molecule is CC1(NC(=O)c2cccc([N+](=O)[O-])c2O)CCCC1. The molecule has 1 aromatic rings. The summed E-state index contributed by atoms with van der Waals surface area (Å²) >= 11 is 0. The maximum Gasteiger partial charge on any atom is 0.311 e. The van der Waals surface area contributed by atoms with Crippen LogP contribution in [-0.2, 0) is 0 Å². The van der Waals surface area contributed by atoms with Crippen molar-refractivity contribution in [3.63, 3.8) is 0 Å². The first-order chi connectivity index (χ1) is 8.93. The molecule has 102 valence electrons. The van der Waals surface area contributed by atoms with Gasteiger partial charge in [-0.25, -0.2) is 0 Å². The Kier molecular flexibility index (Phi) is 3.42. The molecular weight excluding hydrogens is 248 g/mol. The molecule has 1 aliphatic carbocycles. The Morgan fingerprint density at radius 2 is 2.05 bits per heavy atom. The number of amides is 1. The average molecular weight is 264 g/mol. The van der Waals surface area contributed by atoms with Crippen LogP contribution in [0.2, 0.25) is 0 Å². The Morgan fingerprint density at radius 3 is 2.63 bits per heavy atom. The highest BCUT2D eigenvalue weighted by atomic mass is 16.6. The van der Waals surface area contributed by atoms with Gasteiger partial charge in [0, 0.05) is 11.6 Å². The molecule has 0 atom stereocenters. The molecule has 1 aromatic carbocycles. The van der Waals surface area contributed by atoms with E-state index in [0.29, 0.717) is 0 Å². The molecule has 6 heteroatoms. The van der Waals surface area contributed by atoms with Crippen LogP contribution in [0.25, 0.3) is 0 Å². The van der Waals surface area contributed by atoms with Crippen molar-refractivity contribution < 1.29 is 14.8 Å². The number of carbonyl (C=O) groups is 1. The van der Waals surface area contributed by atoms with E-state index in [1.807, 2.05) is 6.92 Å². The Hall–Kier alpha value is -2.11. The van der Waals surface area contributed by atoms with Gasteiger partial charge in [0.1, 0.15) is 0 Å². The van der Waals surface area contributed by atoms with Crippen molar-refractivity contribution in [2.75, 3.05) is 0 Å². The number of para-hydroxylation sites is 1.